The summed E-state index contributed by atoms with van der Waals surface area (Å²) in [6, 6.07) is 14.5. The Balaban J connectivity index is 1.47. The number of nitrogens with zero attached hydrogens (tertiary/aromatic N) is 2. The van der Waals surface area contributed by atoms with E-state index >= 15 is 0 Å². The number of hydrogen-bond acceptors (Lipinski definition) is 6. The van der Waals surface area contributed by atoms with Crippen molar-refractivity contribution in [3.05, 3.63) is 71.1 Å². The number of benzene rings is 2. The van der Waals surface area contributed by atoms with Crippen LogP contribution in [-0.4, -0.2) is 19.5 Å². The van der Waals surface area contributed by atoms with Crippen molar-refractivity contribution in [3.8, 4) is 6.07 Å². The Kier molecular flexibility index (Phi) is 5.79. The molecule has 9 heteroatoms. The molecule has 0 spiro atoms. The normalized spacial score (nSPS) is 13.6. The zero-order valence-corrected chi connectivity index (χ0v) is 18.0. The van der Waals surface area contributed by atoms with E-state index in [0.29, 0.717) is 28.4 Å². The molecule has 0 saturated heterocycles. The van der Waals surface area contributed by atoms with Crippen molar-refractivity contribution < 1.29 is 17.7 Å². The lowest BCUT2D eigenvalue weighted by Gasteiger charge is -2.08. The quantitative estimate of drug-likeness (QED) is 0.559. The number of nitrogens with one attached hydrogen (secondary N) is 2. The van der Waals surface area contributed by atoms with Crippen molar-refractivity contribution in [3.63, 3.8) is 0 Å². The molecule has 162 valence electrons. The van der Waals surface area contributed by atoms with Gasteiger partial charge in [-0.1, -0.05) is 29.4 Å². The average molecular weight is 449 g/mol. The maximum Gasteiger partial charge on any atom is 0.261 e. The number of rotatable bonds is 7. The molecule has 1 aromatic heterocycles. The summed E-state index contributed by atoms with van der Waals surface area (Å²) in [4.78, 5) is 12.2. The number of carbonyl (C=O) groups excluding carboxylic acids is 1. The van der Waals surface area contributed by atoms with E-state index in [1.54, 1.807) is 49.4 Å². The number of aryl methyl sites for hydroxylation is 1. The van der Waals surface area contributed by atoms with Crippen LogP contribution < -0.4 is 10.0 Å². The Hall–Kier alpha value is -3.90. The summed E-state index contributed by atoms with van der Waals surface area (Å²) in [5, 5.41) is 15.7. The molecule has 0 aliphatic heterocycles. The molecule has 1 aliphatic rings. The fraction of sp³-hybridized carbons (Fsp3) is 0.174. The number of amides is 1. The zero-order valence-electron chi connectivity index (χ0n) is 17.2. The van der Waals surface area contributed by atoms with E-state index < -0.39 is 10.0 Å². The third-order valence-electron chi connectivity index (χ3n) is 4.95. The molecule has 1 amide bonds. The van der Waals surface area contributed by atoms with Gasteiger partial charge >= 0.3 is 0 Å². The minimum atomic E-state index is -3.80. The minimum Gasteiger partial charge on any atom is -0.354 e. The summed E-state index contributed by atoms with van der Waals surface area (Å²) < 4.78 is 33.0. The van der Waals surface area contributed by atoms with Gasteiger partial charge in [0.05, 0.1) is 22.2 Å². The lowest BCUT2D eigenvalue weighted by molar-refractivity contribution is -0.117. The van der Waals surface area contributed by atoms with Crippen molar-refractivity contribution in [2.24, 2.45) is 5.92 Å². The first-order valence-electron chi connectivity index (χ1n) is 9.94. The Morgan fingerprint density at radius 2 is 1.94 bits per heavy atom. The van der Waals surface area contributed by atoms with Gasteiger partial charge in [-0.25, -0.2) is 8.42 Å². The second kappa shape index (κ2) is 8.69. The largest absolute Gasteiger partial charge is 0.354 e. The summed E-state index contributed by atoms with van der Waals surface area (Å²) in [5.74, 6) is 0.451. The van der Waals surface area contributed by atoms with Gasteiger partial charge in [-0.05, 0) is 61.7 Å². The summed E-state index contributed by atoms with van der Waals surface area (Å²) in [5.41, 5.74) is 2.55. The van der Waals surface area contributed by atoms with Gasteiger partial charge in [0, 0.05) is 5.92 Å². The van der Waals surface area contributed by atoms with Gasteiger partial charge < -0.3 is 9.84 Å². The van der Waals surface area contributed by atoms with Gasteiger partial charge in [0.2, 0.25) is 5.91 Å². The number of anilines is 2. The Morgan fingerprint density at radius 1 is 1.19 bits per heavy atom. The van der Waals surface area contributed by atoms with Gasteiger partial charge in [0.1, 0.15) is 11.4 Å². The van der Waals surface area contributed by atoms with Crippen LogP contribution in [0.25, 0.3) is 12.2 Å². The molecule has 0 atom stereocenters. The van der Waals surface area contributed by atoms with Gasteiger partial charge in [0.25, 0.3) is 10.0 Å². The molecule has 4 rings (SSSR count). The van der Waals surface area contributed by atoms with E-state index in [-0.39, 0.29) is 16.7 Å². The molecule has 0 unspecified atom stereocenters. The highest BCUT2D eigenvalue weighted by atomic mass is 32.2. The standard InChI is InChI=1S/C23H20N4O4S/c1-15-22(25-23(28)18-8-9-18)21(31-26-15)12-7-16-5-10-20(11-6-16)32(29,30)27-19-4-2-3-17(13-19)14-24/h2-7,10-13,18,27H,8-9H2,1H3,(H,25,28)/b12-7-. The van der Waals surface area contributed by atoms with E-state index in [0.717, 1.165) is 18.4 Å². The molecule has 1 fully saturated rings. The van der Waals surface area contributed by atoms with Gasteiger partial charge in [-0.3, -0.25) is 9.52 Å². The topological polar surface area (TPSA) is 125 Å². The molecule has 1 heterocycles. The van der Waals surface area contributed by atoms with Crippen molar-refractivity contribution in [2.45, 2.75) is 24.7 Å². The van der Waals surface area contributed by atoms with Gasteiger partial charge in [-0.2, -0.15) is 5.26 Å². The van der Waals surface area contributed by atoms with Crippen LogP contribution in [-0.2, 0) is 14.8 Å². The molecule has 2 aromatic carbocycles. The zero-order chi connectivity index (χ0) is 22.7. The van der Waals surface area contributed by atoms with E-state index in [1.807, 2.05) is 6.07 Å². The fourth-order valence-corrected chi connectivity index (χ4v) is 4.07. The maximum absolute atomic E-state index is 12.6. The summed E-state index contributed by atoms with van der Waals surface area (Å²) in [7, 11) is -3.80. The molecule has 8 nitrogen and oxygen atoms in total. The van der Waals surface area contributed by atoms with E-state index in [2.05, 4.69) is 15.2 Å². The van der Waals surface area contributed by atoms with Gasteiger partial charge in [-0.15, -0.1) is 0 Å². The highest BCUT2D eigenvalue weighted by Gasteiger charge is 2.30. The molecule has 3 aromatic rings. The van der Waals surface area contributed by atoms with Crippen LogP contribution in [0.3, 0.4) is 0 Å². The highest BCUT2D eigenvalue weighted by molar-refractivity contribution is 7.92. The van der Waals surface area contributed by atoms with Crippen LogP contribution in [0.1, 0.15) is 35.4 Å². The molecule has 32 heavy (non-hydrogen) atoms. The first kappa shape index (κ1) is 21.3. The van der Waals surface area contributed by atoms with Gasteiger partial charge in [0.15, 0.2) is 5.76 Å². The van der Waals surface area contributed by atoms with Crippen molar-refractivity contribution in [2.75, 3.05) is 10.0 Å². The molecule has 0 radical (unpaired) electrons. The number of carbonyl (C=O) groups is 1. The van der Waals surface area contributed by atoms with Crippen molar-refractivity contribution in [1.29, 1.82) is 5.26 Å². The lowest BCUT2D eigenvalue weighted by Crippen LogP contribution is -2.14. The van der Waals surface area contributed by atoms with E-state index in [9.17, 15) is 13.2 Å². The van der Waals surface area contributed by atoms with Crippen LogP contribution in [0.15, 0.2) is 57.9 Å². The molecule has 1 aliphatic carbocycles. The number of sulfonamides is 1. The summed E-state index contributed by atoms with van der Waals surface area (Å²) in [6.07, 6.45) is 5.22. The van der Waals surface area contributed by atoms with Crippen LogP contribution in [0.4, 0.5) is 11.4 Å². The summed E-state index contributed by atoms with van der Waals surface area (Å²) in [6.45, 7) is 1.75. The van der Waals surface area contributed by atoms with Crippen LogP contribution in [0.2, 0.25) is 0 Å². The van der Waals surface area contributed by atoms with Crippen LogP contribution in [0, 0.1) is 24.2 Å². The van der Waals surface area contributed by atoms with E-state index in [4.69, 9.17) is 9.78 Å². The first-order valence-corrected chi connectivity index (χ1v) is 11.4. The lowest BCUT2D eigenvalue weighted by atomic mass is 10.2. The SMILES string of the molecule is Cc1noc(/C=C\c2ccc(S(=O)(=O)Nc3cccc(C#N)c3)cc2)c1NC(=O)C1CC1. The smallest absolute Gasteiger partial charge is 0.261 e. The van der Waals surface area contributed by atoms with Crippen molar-refractivity contribution in [1.82, 2.24) is 5.16 Å². The van der Waals surface area contributed by atoms with Crippen molar-refractivity contribution >= 4 is 39.5 Å². The maximum atomic E-state index is 12.6. The molecular formula is C23H20N4O4S. The first-order chi connectivity index (χ1) is 15.4. The predicted octanol–water partition coefficient (Wildman–Crippen LogP) is 4.17. The monoisotopic (exact) mass is 448 g/mol. The Morgan fingerprint density at radius 3 is 2.62 bits per heavy atom. The Labute approximate surface area is 185 Å². The second-order valence-corrected chi connectivity index (χ2v) is 9.15. The summed E-state index contributed by atoms with van der Waals surface area (Å²) >= 11 is 0. The third kappa shape index (κ3) is 4.87. The van der Waals surface area contributed by atoms with E-state index in [1.165, 1.54) is 18.2 Å². The molecule has 0 bridgehead atoms. The highest BCUT2D eigenvalue weighted by Crippen LogP contribution is 2.32. The Bertz CT molecular complexity index is 1330. The fourth-order valence-electron chi connectivity index (χ4n) is 3.02. The molecule has 2 N–H and O–H groups in total. The average Bonchev–Trinajstić information content (AvgIpc) is 3.58. The van der Waals surface area contributed by atoms with Crippen LogP contribution in [0.5, 0.6) is 0 Å². The molecular weight excluding hydrogens is 428 g/mol. The number of hydrogen-bond donors (Lipinski definition) is 2. The third-order valence-corrected chi connectivity index (χ3v) is 6.34. The predicted molar refractivity (Wildman–Crippen MR) is 120 cm³/mol. The second-order valence-electron chi connectivity index (χ2n) is 7.47. The molecule has 1 saturated carbocycles. The van der Waals surface area contributed by atoms with Crippen LogP contribution >= 0.6 is 0 Å². The minimum absolute atomic E-state index is 0.0340. The number of aromatic nitrogens is 1. The number of nitriles is 1.